The topological polar surface area (TPSA) is 30.2 Å². The van der Waals surface area contributed by atoms with Crippen molar-refractivity contribution in [2.45, 2.75) is 26.1 Å². The third-order valence-corrected chi connectivity index (χ3v) is 3.78. The number of halogens is 3. The molecule has 1 aromatic heterocycles. The average Bonchev–Trinajstić information content (AvgIpc) is 3.10. The van der Waals surface area contributed by atoms with Crippen LogP contribution in [-0.4, -0.2) is 22.0 Å². The van der Waals surface area contributed by atoms with Crippen molar-refractivity contribution in [1.82, 2.24) is 9.78 Å². The molecule has 134 valence electrons. The second kappa shape index (κ2) is 7.15. The van der Waals surface area contributed by atoms with E-state index in [9.17, 15) is 13.2 Å². The Bertz CT molecular complexity index is 907. The molecule has 0 saturated carbocycles. The molecule has 0 fully saturated rings. The number of rotatable bonds is 4. The zero-order valence-electron chi connectivity index (χ0n) is 14.4. The largest absolute Gasteiger partial charge is 0.416 e. The highest BCUT2D eigenvalue weighted by Gasteiger charge is 2.30. The van der Waals surface area contributed by atoms with Gasteiger partial charge in [-0.15, -0.1) is 0 Å². The maximum Gasteiger partial charge on any atom is 0.416 e. The van der Waals surface area contributed by atoms with E-state index in [1.807, 2.05) is 44.3 Å². The molecule has 26 heavy (non-hydrogen) atoms. The molecule has 3 rings (SSSR count). The molecule has 3 aromatic rings. The van der Waals surface area contributed by atoms with Gasteiger partial charge in [0.15, 0.2) is 0 Å². The number of hydrogen-bond acceptors (Lipinski definition) is 2. The van der Waals surface area contributed by atoms with Gasteiger partial charge in [0.05, 0.1) is 17.4 Å². The monoisotopic (exact) mass is 357 g/mol. The molecule has 0 atom stereocenters. The first-order valence-corrected chi connectivity index (χ1v) is 8.19. The lowest BCUT2D eigenvalue weighted by molar-refractivity contribution is -0.137. The van der Waals surface area contributed by atoms with Crippen LogP contribution in [0.2, 0.25) is 0 Å². The molecule has 0 aliphatic heterocycles. The Morgan fingerprint density at radius 3 is 2.42 bits per heavy atom. The molecule has 0 aliphatic rings. The third-order valence-electron chi connectivity index (χ3n) is 3.78. The molecule has 0 aliphatic carbocycles. The standard InChI is InChI=1S/C20H18F3N3/c1-14(2)24-11-15-4-3-5-16(10-15)17-12-25-26(13-17)19-8-6-18(7-9-19)20(21,22)23/h3-14H,1-2H3. The minimum absolute atomic E-state index is 0.223. The van der Waals surface area contributed by atoms with E-state index in [4.69, 9.17) is 0 Å². The maximum atomic E-state index is 12.7. The second-order valence-electron chi connectivity index (χ2n) is 6.22. The predicted octanol–water partition coefficient (Wildman–Crippen LogP) is 5.39. The smallest absolute Gasteiger partial charge is 0.290 e. The van der Waals surface area contributed by atoms with E-state index in [-0.39, 0.29) is 6.04 Å². The Hall–Kier alpha value is -2.89. The Balaban J connectivity index is 1.85. The van der Waals surface area contributed by atoms with Crippen molar-refractivity contribution >= 4 is 6.21 Å². The number of alkyl halides is 3. The van der Waals surface area contributed by atoms with E-state index in [1.54, 1.807) is 17.1 Å². The van der Waals surface area contributed by atoms with Crippen LogP contribution in [0.25, 0.3) is 16.8 Å². The molecule has 1 heterocycles. The summed E-state index contributed by atoms with van der Waals surface area (Å²) in [5.41, 5.74) is 2.73. The first kappa shape index (κ1) is 17.9. The van der Waals surface area contributed by atoms with Gasteiger partial charge in [-0.3, -0.25) is 4.99 Å². The molecule has 0 amide bonds. The fraction of sp³-hybridized carbons (Fsp3) is 0.200. The number of hydrogen-bond donors (Lipinski definition) is 0. The Morgan fingerprint density at radius 2 is 1.77 bits per heavy atom. The van der Waals surface area contributed by atoms with Crippen molar-refractivity contribution in [3.63, 3.8) is 0 Å². The van der Waals surface area contributed by atoms with Crippen LogP contribution in [0.3, 0.4) is 0 Å². The number of aliphatic imine (C=N–C) groups is 1. The van der Waals surface area contributed by atoms with Crippen LogP contribution in [0.15, 0.2) is 65.9 Å². The van der Waals surface area contributed by atoms with Crippen LogP contribution in [0.4, 0.5) is 13.2 Å². The van der Waals surface area contributed by atoms with Gasteiger partial charge < -0.3 is 0 Å². The Labute approximate surface area is 149 Å². The lowest BCUT2D eigenvalue weighted by atomic mass is 10.1. The van der Waals surface area contributed by atoms with Crippen molar-refractivity contribution in [1.29, 1.82) is 0 Å². The minimum atomic E-state index is -4.34. The molecule has 0 bridgehead atoms. The highest BCUT2D eigenvalue weighted by molar-refractivity contribution is 5.82. The molecule has 0 N–H and O–H groups in total. The summed E-state index contributed by atoms with van der Waals surface area (Å²) in [5, 5.41) is 4.26. The van der Waals surface area contributed by atoms with Crippen LogP contribution >= 0.6 is 0 Å². The van der Waals surface area contributed by atoms with Gasteiger partial charge in [-0.05, 0) is 55.3 Å². The molecular weight excluding hydrogens is 339 g/mol. The van der Waals surface area contributed by atoms with Crippen molar-refractivity contribution in [3.8, 4) is 16.8 Å². The van der Waals surface area contributed by atoms with Crippen LogP contribution in [0.1, 0.15) is 25.0 Å². The van der Waals surface area contributed by atoms with E-state index in [0.717, 1.165) is 28.8 Å². The number of aromatic nitrogens is 2. The predicted molar refractivity (Wildman–Crippen MR) is 96.7 cm³/mol. The highest BCUT2D eigenvalue weighted by Crippen LogP contribution is 2.29. The molecule has 3 nitrogen and oxygen atoms in total. The Kier molecular flexibility index (Phi) is 4.93. The SMILES string of the molecule is CC(C)N=Cc1cccc(-c2cnn(-c3ccc(C(F)(F)F)cc3)c2)c1. The molecule has 0 saturated heterocycles. The van der Waals surface area contributed by atoms with Crippen LogP contribution in [0.5, 0.6) is 0 Å². The van der Waals surface area contributed by atoms with Crippen molar-refractivity contribution in [3.05, 3.63) is 72.1 Å². The number of nitrogens with zero attached hydrogens (tertiary/aromatic N) is 3. The Morgan fingerprint density at radius 1 is 1.04 bits per heavy atom. The van der Waals surface area contributed by atoms with Gasteiger partial charge in [0.25, 0.3) is 0 Å². The third kappa shape index (κ3) is 4.20. The first-order chi connectivity index (χ1) is 12.3. The fourth-order valence-corrected chi connectivity index (χ4v) is 2.45. The zero-order chi connectivity index (χ0) is 18.7. The van der Waals surface area contributed by atoms with E-state index >= 15 is 0 Å². The molecule has 0 radical (unpaired) electrons. The van der Waals surface area contributed by atoms with Gasteiger partial charge in [0.1, 0.15) is 0 Å². The molecule has 0 unspecified atom stereocenters. The number of benzene rings is 2. The summed E-state index contributed by atoms with van der Waals surface area (Å²) in [5.74, 6) is 0. The summed E-state index contributed by atoms with van der Waals surface area (Å²) in [6.07, 6.45) is 0.970. The molecule has 6 heteroatoms. The summed E-state index contributed by atoms with van der Waals surface area (Å²) in [4.78, 5) is 4.37. The van der Waals surface area contributed by atoms with Gasteiger partial charge in [-0.1, -0.05) is 18.2 Å². The van der Waals surface area contributed by atoms with Gasteiger partial charge in [0, 0.05) is 24.0 Å². The van der Waals surface area contributed by atoms with Crippen molar-refractivity contribution in [2.24, 2.45) is 4.99 Å². The summed E-state index contributed by atoms with van der Waals surface area (Å²) < 4.78 is 39.6. The highest BCUT2D eigenvalue weighted by atomic mass is 19.4. The van der Waals surface area contributed by atoms with Crippen LogP contribution in [0, 0.1) is 0 Å². The fourth-order valence-electron chi connectivity index (χ4n) is 2.45. The molecule has 2 aromatic carbocycles. The summed E-state index contributed by atoms with van der Waals surface area (Å²) in [6.45, 7) is 4.02. The van der Waals surface area contributed by atoms with Gasteiger partial charge in [-0.2, -0.15) is 18.3 Å². The van der Waals surface area contributed by atoms with E-state index in [0.29, 0.717) is 5.69 Å². The summed E-state index contributed by atoms with van der Waals surface area (Å²) >= 11 is 0. The zero-order valence-corrected chi connectivity index (χ0v) is 14.4. The van der Waals surface area contributed by atoms with Gasteiger partial charge >= 0.3 is 6.18 Å². The first-order valence-electron chi connectivity index (χ1n) is 8.19. The van der Waals surface area contributed by atoms with Crippen LogP contribution in [-0.2, 0) is 6.18 Å². The van der Waals surface area contributed by atoms with E-state index in [1.165, 1.54) is 12.1 Å². The lowest BCUT2D eigenvalue weighted by Gasteiger charge is -2.07. The molecule has 0 spiro atoms. The normalized spacial score (nSPS) is 12.2. The van der Waals surface area contributed by atoms with Crippen LogP contribution < -0.4 is 0 Å². The lowest BCUT2D eigenvalue weighted by Crippen LogP contribution is -2.05. The van der Waals surface area contributed by atoms with Gasteiger partial charge in [-0.25, -0.2) is 4.68 Å². The quantitative estimate of drug-likeness (QED) is 0.576. The maximum absolute atomic E-state index is 12.7. The summed E-state index contributed by atoms with van der Waals surface area (Å²) in [7, 11) is 0. The van der Waals surface area contributed by atoms with E-state index < -0.39 is 11.7 Å². The summed E-state index contributed by atoms with van der Waals surface area (Å²) in [6, 6.07) is 13.0. The van der Waals surface area contributed by atoms with Crippen molar-refractivity contribution < 1.29 is 13.2 Å². The average molecular weight is 357 g/mol. The van der Waals surface area contributed by atoms with E-state index in [2.05, 4.69) is 10.1 Å². The minimum Gasteiger partial charge on any atom is -0.290 e. The van der Waals surface area contributed by atoms with Gasteiger partial charge in [0.2, 0.25) is 0 Å². The van der Waals surface area contributed by atoms with Crippen molar-refractivity contribution in [2.75, 3.05) is 0 Å². The second-order valence-corrected chi connectivity index (χ2v) is 6.22. The molecular formula is C20H18F3N3.